The lowest BCUT2D eigenvalue weighted by Crippen LogP contribution is -2.34. The van der Waals surface area contributed by atoms with Gasteiger partial charge in [0.2, 0.25) is 0 Å². The van der Waals surface area contributed by atoms with Crippen molar-refractivity contribution in [1.29, 1.82) is 0 Å². The van der Waals surface area contributed by atoms with Crippen LogP contribution in [0, 0.1) is 6.92 Å². The van der Waals surface area contributed by atoms with E-state index in [0.29, 0.717) is 19.6 Å². The van der Waals surface area contributed by atoms with Gasteiger partial charge in [-0.2, -0.15) is 4.31 Å². The summed E-state index contributed by atoms with van der Waals surface area (Å²) in [4.78, 5) is 4.17. The second-order valence-corrected chi connectivity index (χ2v) is 6.30. The number of hydrogen-bond acceptors (Lipinski definition) is 4. The minimum Gasteiger partial charge on any atom is -0.334 e. The van der Waals surface area contributed by atoms with Gasteiger partial charge < -0.3 is 9.88 Å². The predicted octanol–water partition coefficient (Wildman–Crippen LogP) is 0.617. The number of halogens is 1. The van der Waals surface area contributed by atoms with Crippen molar-refractivity contribution in [1.82, 2.24) is 19.2 Å². The second kappa shape index (κ2) is 6.69. The standard InChI is InChI=1S/C11H20N4O2S.ClH/c1-3-14-9-11(13-10(14)2)18(16,17)15-7-4-5-12-6-8-15;/h9,12H,3-8H2,1-2H3;1H. The van der Waals surface area contributed by atoms with E-state index < -0.39 is 10.0 Å². The molecule has 19 heavy (non-hydrogen) atoms. The van der Waals surface area contributed by atoms with E-state index in [1.54, 1.807) is 6.20 Å². The zero-order valence-electron chi connectivity index (χ0n) is 11.3. The summed E-state index contributed by atoms with van der Waals surface area (Å²) < 4.78 is 28.3. The van der Waals surface area contributed by atoms with Crippen molar-refractivity contribution >= 4 is 22.4 Å². The Morgan fingerprint density at radius 1 is 1.37 bits per heavy atom. The zero-order valence-corrected chi connectivity index (χ0v) is 12.9. The van der Waals surface area contributed by atoms with Crippen molar-refractivity contribution in [2.24, 2.45) is 0 Å². The van der Waals surface area contributed by atoms with Crippen LogP contribution in [-0.2, 0) is 16.6 Å². The highest BCUT2D eigenvalue weighted by molar-refractivity contribution is 7.89. The number of rotatable bonds is 3. The number of sulfonamides is 1. The highest BCUT2D eigenvalue weighted by Crippen LogP contribution is 2.16. The molecule has 0 bridgehead atoms. The molecule has 1 aliphatic heterocycles. The Kier molecular flexibility index (Phi) is 5.79. The fourth-order valence-electron chi connectivity index (χ4n) is 2.12. The van der Waals surface area contributed by atoms with Crippen LogP contribution in [0.1, 0.15) is 19.2 Å². The number of hydrogen-bond donors (Lipinski definition) is 1. The number of aromatic nitrogens is 2. The molecule has 0 saturated carbocycles. The van der Waals surface area contributed by atoms with Crippen molar-refractivity contribution in [3.8, 4) is 0 Å². The summed E-state index contributed by atoms with van der Waals surface area (Å²) in [5, 5.41) is 3.37. The van der Waals surface area contributed by atoms with Gasteiger partial charge in [-0.1, -0.05) is 0 Å². The molecule has 1 N–H and O–H groups in total. The topological polar surface area (TPSA) is 67.2 Å². The molecule has 1 fully saturated rings. The molecular formula is C11H21ClN4O2S. The number of aryl methyl sites for hydroxylation is 2. The average Bonchev–Trinajstić information content (AvgIpc) is 2.55. The van der Waals surface area contributed by atoms with Crippen molar-refractivity contribution in [3.05, 3.63) is 12.0 Å². The fourth-order valence-corrected chi connectivity index (χ4v) is 3.59. The van der Waals surface area contributed by atoms with Crippen molar-refractivity contribution in [2.75, 3.05) is 26.2 Å². The van der Waals surface area contributed by atoms with E-state index in [2.05, 4.69) is 10.3 Å². The van der Waals surface area contributed by atoms with Crippen molar-refractivity contribution in [2.45, 2.75) is 31.8 Å². The van der Waals surface area contributed by atoms with Crippen LogP contribution in [0.2, 0.25) is 0 Å². The highest BCUT2D eigenvalue weighted by atomic mass is 35.5. The maximum atomic E-state index is 12.4. The summed E-state index contributed by atoms with van der Waals surface area (Å²) in [6, 6.07) is 0. The first-order chi connectivity index (χ1) is 8.55. The summed E-state index contributed by atoms with van der Waals surface area (Å²) >= 11 is 0. The van der Waals surface area contributed by atoms with Gasteiger partial charge in [0.1, 0.15) is 5.82 Å². The quantitative estimate of drug-likeness (QED) is 0.889. The molecule has 0 spiro atoms. The first-order valence-corrected chi connectivity index (χ1v) is 7.74. The predicted molar refractivity (Wildman–Crippen MR) is 76.1 cm³/mol. The van der Waals surface area contributed by atoms with E-state index in [1.807, 2.05) is 18.4 Å². The maximum absolute atomic E-state index is 12.4. The monoisotopic (exact) mass is 308 g/mol. The molecule has 0 aliphatic carbocycles. The largest absolute Gasteiger partial charge is 0.334 e. The molecule has 1 aromatic rings. The Bertz CT molecular complexity index is 507. The first-order valence-electron chi connectivity index (χ1n) is 6.30. The van der Waals surface area contributed by atoms with Crippen LogP contribution >= 0.6 is 12.4 Å². The second-order valence-electron chi connectivity index (χ2n) is 4.42. The van der Waals surface area contributed by atoms with E-state index in [1.165, 1.54) is 4.31 Å². The van der Waals surface area contributed by atoms with Gasteiger partial charge in [0, 0.05) is 32.4 Å². The molecule has 0 amide bonds. The third-order valence-corrected chi connectivity index (χ3v) is 4.97. The molecule has 0 aromatic carbocycles. The minimum atomic E-state index is -3.44. The Labute approximate surface area is 120 Å². The molecule has 2 rings (SSSR count). The third-order valence-electron chi connectivity index (χ3n) is 3.20. The smallest absolute Gasteiger partial charge is 0.262 e. The summed E-state index contributed by atoms with van der Waals surface area (Å²) in [5.41, 5.74) is 0. The maximum Gasteiger partial charge on any atom is 0.262 e. The molecule has 0 unspecified atom stereocenters. The fraction of sp³-hybridized carbons (Fsp3) is 0.727. The van der Waals surface area contributed by atoms with Crippen LogP contribution in [0.25, 0.3) is 0 Å². The molecule has 1 aromatic heterocycles. The van der Waals surface area contributed by atoms with Crippen LogP contribution in [0.5, 0.6) is 0 Å². The molecule has 0 radical (unpaired) electrons. The van der Waals surface area contributed by atoms with Gasteiger partial charge in [0.15, 0.2) is 5.03 Å². The van der Waals surface area contributed by atoms with E-state index in [0.717, 1.165) is 25.3 Å². The Morgan fingerprint density at radius 2 is 2.11 bits per heavy atom. The van der Waals surface area contributed by atoms with Gasteiger partial charge in [0.05, 0.1) is 0 Å². The van der Waals surface area contributed by atoms with Gasteiger partial charge in [0.25, 0.3) is 10.0 Å². The van der Waals surface area contributed by atoms with Gasteiger partial charge in [-0.05, 0) is 26.8 Å². The van der Waals surface area contributed by atoms with Gasteiger partial charge in [-0.25, -0.2) is 13.4 Å². The van der Waals surface area contributed by atoms with E-state index >= 15 is 0 Å². The van der Waals surface area contributed by atoms with Gasteiger partial charge >= 0.3 is 0 Å². The number of nitrogens with zero attached hydrogens (tertiary/aromatic N) is 3. The lowest BCUT2D eigenvalue weighted by atomic mass is 10.4. The summed E-state index contributed by atoms with van der Waals surface area (Å²) in [6.07, 6.45) is 2.47. The highest BCUT2D eigenvalue weighted by Gasteiger charge is 2.27. The molecule has 8 heteroatoms. The summed E-state index contributed by atoms with van der Waals surface area (Å²) in [7, 11) is -3.44. The molecule has 6 nitrogen and oxygen atoms in total. The van der Waals surface area contributed by atoms with E-state index in [4.69, 9.17) is 0 Å². The molecular weight excluding hydrogens is 288 g/mol. The average molecular weight is 309 g/mol. The molecule has 1 saturated heterocycles. The third kappa shape index (κ3) is 3.47. The van der Waals surface area contributed by atoms with Crippen molar-refractivity contribution < 1.29 is 8.42 Å². The lowest BCUT2D eigenvalue weighted by Gasteiger charge is -2.17. The van der Waals surface area contributed by atoms with Crippen LogP contribution in [0.4, 0.5) is 0 Å². The van der Waals surface area contributed by atoms with E-state index in [-0.39, 0.29) is 17.4 Å². The van der Waals surface area contributed by atoms with Crippen LogP contribution in [-0.4, -0.2) is 48.5 Å². The van der Waals surface area contributed by atoms with Crippen molar-refractivity contribution in [3.63, 3.8) is 0 Å². The lowest BCUT2D eigenvalue weighted by molar-refractivity contribution is 0.430. The van der Waals surface area contributed by atoms with Gasteiger partial charge in [-0.15, -0.1) is 12.4 Å². The number of imidazole rings is 1. The Morgan fingerprint density at radius 3 is 2.74 bits per heavy atom. The summed E-state index contributed by atoms with van der Waals surface area (Å²) in [6.45, 7) is 7.18. The molecule has 1 aliphatic rings. The normalized spacial score (nSPS) is 17.8. The molecule has 2 heterocycles. The Hall–Kier alpha value is -0.630. The van der Waals surface area contributed by atoms with E-state index in [9.17, 15) is 8.42 Å². The molecule has 110 valence electrons. The Balaban J connectivity index is 0.00000180. The summed E-state index contributed by atoms with van der Waals surface area (Å²) in [5.74, 6) is 0.740. The van der Waals surface area contributed by atoms with Crippen LogP contribution in [0.15, 0.2) is 11.2 Å². The van der Waals surface area contributed by atoms with Crippen LogP contribution in [0.3, 0.4) is 0 Å². The molecule has 0 atom stereocenters. The zero-order chi connectivity index (χ0) is 13.2. The minimum absolute atomic E-state index is 0. The van der Waals surface area contributed by atoms with Gasteiger partial charge in [-0.3, -0.25) is 0 Å². The first kappa shape index (κ1) is 16.4. The van der Waals surface area contributed by atoms with Crippen LogP contribution < -0.4 is 5.32 Å². The number of nitrogens with one attached hydrogen (secondary N) is 1. The SMILES string of the molecule is CCn1cc(S(=O)(=O)N2CCCNCC2)nc1C.Cl.